The fraction of sp³-hybridized carbons (Fsp3) is 0.263. The van der Waals surface area contributed by atoms with Gasteiger partial charge >= 0.3 is 0 Å². The molecule has 1 fully saturated rings. The molecule has 3 aromatic rings. The van der Waals surface area contributed by atoms with Gasteiger partial charge in [0.2, 0.25) is 0 Å². The summed E-state index contributed by atoms with van der Waals surface area (Å²) in [5, 5.41) is 7.65. The van der Waals surface area contributed by atoms with E-state index in [9.17, 15) is 4.79 Å². The Kier molecular flexibility index (Phi) is 3.69. The molecule has 2 aromatic heterocycles. The lowest BCUT2D eigenvalue weighted by Crippen LogP contribution is -2.28. The van der Waals surface area contributed by atoms with Crippen molar-refractivity contribution in [1.82, 2.24) is 15.1 Å². The van der Waals surface area contributed by atoms with Crippen molar-refractivity contribution in [2.45, 2.75) is 31.7 Å². The number of nitrogens with one attached hydrogen (secondary N) is 1. The number of furan rings is 1. The Morgan fingerprint density at radius 1 is 1.25 bits per heavy atom. The van der Waals surface area contributed by atoms with Gasteiger partial charge in [-0.15, -0.1) is 0 Å². The molecule has 1 N–H and O–H groups in total. The highest BCUT2D eigenvalue weighted by Gasteiger charge is 2.29. The Bertz CT molecular complexity index is 833. The summed E-state index contributed by atoms with van der Waals surface area (Å²) < 4.78 is 7.10. The highest BCUT2D eigenvalue weighted by molar-refractivity contribution is 5.93. The molecule has 2 heterocycles. The van der Waals surface area contributed by atoms with Crippen molar-refractivity contribution in [3.63, 3.8) is 0 Å². The van der Waals surface area contributed by atoms with Crippen LogP contribution in [0.2, 0.25) is 0 Å². The van der Waals surface area contributed by atoms with Gasteiger partial charge in [-0.25, -0.2) is 4.68 Å². The van der Waals surface area contributed by atoms with Gasteiger partial charge in [-0.2, -0.15) is 5.10 Å². The zero-order chi connectivity index (χ0) is 16.5. The molecule has 1 aliphatic rings. The van der Waals surface area contributed by atoms with Gasteiger partial charge in [0, 0.05) is 5.92 Å². The van der Waals surface area contributed by atoms with Crippen LogP contribution in [0.1, 0.15) is 53.7 Å². The normalized spacial score (nSPS) is 15.2. The molecule has 24 heavy (non-hydrogen) atoms. The first-order valence-electron chi connectivity index (χ1n) is 8.22. The summed E-state index contributed by atoms with van der Waals surface area (Å²) in [6, 6.07) is 15.1. The molecule has 122 valence electrons. The Hall–Kier alpha value is -2.82. The van der Waals surface area contributed by atoms with Crippen molar-refractivity contribution in [2.24, 2.45) is 0 Å². The van der Waals surface area contributed by atoms with Crippen molar-refractivity contribution in [3.05, 3.63) is 71.9 Å². The predicted molar refractivity (Wildman–Crippen MR) is 90.1 cm³/mol. The van der Waals surface area contributed by atoms with E-state index in [1.807, 2.05) is 55.5 Å². The van der Waals surface area contributed by atoms with Crippen LogP contribution >= 0.6 is 0 Å². The van der Waals surface area contributed by atoms with Gasteiger partial charge in [-0.1, -0.05) is 18.2 Å². The summed E-state index contributed by atoms with van der Waals surface area (Å²) in [6.07, 6.45) is 3.91. The number of carbonyl (C=O) groups excluding carboxylic acids is 1. The van der Waals surface area contributed by atoms with E-state index in [-0.39, 0.29) is 11.9 Å². The van der Waals surface area contributed by atoms with Gasteiger partial charge in [-0.3, -0.25) is 4.79 Å². The fourth-order valence-corrected chi connectivity index (χ4v) is 2.79. The molecular formula is C19H19N3O2. The average Bonchev–Trinajstić information content (AvgIpc) is 3.14. The van der Waals surface area contributed by atoms with Crippen LogP contribution in [0.4, 0.5) is 0 Å². The molecule has 0 radical (unpaired) electrons. The number of hydrogen-bond donors (Lipinski definition) is 1. The van der Waals surface area contributed by atoms with Gasteiger partial charge < -0.3 is 9.73 Å². The Morgan fingerprint density at radius 2 is 2.04 bits per heavy atom. The topological polar surface area (TPSA) is 60.1 Å². The average molecular weight is 321 g/mol. The van der Waals surface area contributed by atoms with E-state index in [1.54, 1.807) is 10.9 Å². The van der Waals surface area contributed by atoms with Crippen molar-refractivity contribution in [3.8, 4) is 5.69 Å². The summed E-state index contributed by atoms with van der Waals surface area (Å²) in [5.74, 6) is 1.07. The second-order valence-corrected chi connectivity index (χ2v) is 6.19. The van der Waals surface area contributed by atoms with E-state index < -0.39 is 0 Å². The van der Waals surface area contributed by atoms with E-state index in [0.29, 0.717) is 11.6 Å². The number of amides is 1. The summed E-state index contributed by atoms with van der Waals surface area (Å²) in [5.41, 5.74) is 2.44. The first kappa shape index (κ1) is 14.8. The SMILES string of the molecule is C[C@H](NC(=O)c1cc(C2CC2)nn1-c1ccccc1)c1ccco1. The zero-order valence-corrected chi connectivity index (χ0v) is 13.5. The third-order valence-corrected chi connectivity index (χ3v) is 4.27. The molecule has 1 amide bonds. The summed E-state index contributed by atoms with van der Waals surface area (Å²) in [4.78, 5) is 12.8. The molecule has 5 nitrogen and oxygen atoms in total. The molecule has 0 saturated heterocycles. The molecule has 0 spiro atoms. The molecule has 1 atom stereocenters. The lowest BCUT2D eigenvalue weighted by molar-refractivity contribution is 0.0927. The lowest BCUT2D eigenvalue weighted by Gasteiger charge is -2.12. The second kappa shape index (κ2) is 6.00. The smallest absolute Gasteiger partial charge is 0.270 e. The number of carbonyl (C=O) groups is 1. The maximum Gasteiger partial charge on any atom is 0.270 e. The van der Waals surface area contributed by atoms with Crippen molar-refractivity contribution in [2.75, 3.05) is 0 Å². The molecule has 4 rings (SSSR count). The minimum absolute atomic E-state index is 0.151. The number of nitrogens with zero attached hydrogens (tertiary/aromatic N) is 2. The maximum atomic E-state index is 12.8. The first-order valence-corrected chi connectivity index (χ1v) is 8.22. The molecule has 1 saturated carbocycles. The minimum atomic E-state index is -0.198. The number of para-hydroxylation sites is 1. The van der Waals surface area contributed by atoms with Crippen LogP contribution in [-0.4, -0.2) is 15.7 Å². The van der Waals surface area contributed by atoms with E-state index in [4.69, 9.17) is 4.42 Å². The van der Waals surface area contributed by atoms with Crippen LogP contribution in [0.25, 0.3) is 5.69 Å². The van der Waals surface area contributed by atoms with Gasteiger partial charge in [0.05, 0.1) is 23.7 Å². The van der Waals surface area contributed by atoms with Gasteiger partial charge in [0.1, 0.15) is 11.5 Å². The monoisotopic (exact) mass is 321 g/mol. The molecule has 0 unspecified atom stereocenters. The van der Waals surface area contributed by atoms with E-state index >= 15 is 0 Å². The molecule has 1 aliphatic carbocycles. The van der Waals surface area contributed by atoms with E-state index in [1.165, 1.54) is 0 Å². The summed E-state index contributed by atoms with van der Waals surface area (Å²) in [6.45, 7) is 1.90. The Balaban J connectivity index is 1.64. The molecular weight excluding hydrogens is 302 g/mol. The van der Waals surface area contributed by atoms with Crippen molar-refractivity contribution in [1.29, 1.82) is 0 Å². The molecule has 5 heteroatoms. The van der Waals surface area contributed by atoms with Crippen LogP contribution in [0.15, 0.2) is 59.2 Å². The minimum Gasteiger partial charge on any atom is -0.467 e. The second-order valence-electron chi connectivity index (χ2n) is 6.19. The number of aromatic nitrogens is 2. The van der Waals surface area contributed by atoms with Crippen LogP contribution in [0.5, 0.6) is 0 Å². The van der Waals surface area contributed by atoms with Crippen molar-refractivity contribution < 1.29 is 9.21 Å². The Labute approximate surface area is 140 Å². The van der Waals surface area contributed by atoms with Gasteiger partial charge in [0.15, 0.2) is 0 Å². The molecule has 0 bridgehead atoms. The summed E-state index contributed by atoms with van der Waals surface area (Å²) in [7, 11) is 0. The standard InChI is InChI=1S/C19H19N3O2/c1-13(18-8-5-11-24-18)20-19(23)17-12-16(14-9-10-14)21-22(17)15-6-3-2-4-7-15/h2-8,11-14H,9-10H2,1H3,(H,20,23)/t13-/m0/s1. The van der Waals surface area contributed by atoms with Crippen molar-refractivity contribution >= 4 is 5.91 Å². The van der Waals surface area contributed by atoms with Gasteiger partial charge in [0.25, 0.3) is 5.91 Å². The van der Waals surface area contributed by atoms with E-state index in [2.05, 4.69) is 10.4 Å². The quantitative estimate of drug-likeness (QED) is 0.777. The lowest BCUT2D eigenvalue weighted by atomic mass is 10.2. The van der Waals surface area contributed by atoms with Crippen LogP contribution in [0, 0.1) is 0 Å². The van der Waals surface area contributed by atoms with Crippen LogP contribution < -0.4 is 5.32 Å². The van der Waals surface area contributed by atoms with E-state index in [0.717, 1.165) is 30.0 Å². The number of hydrogen-bond acceptors (Lipinski definition) is 3. The van der Waals surface area contributed by atoms with Crippen LogP contribution in [0.3, 0.4) is 0 Å². The molecule has 0 aliphatic heterocycles. The Morgan fingerprint density at radius 3 is 2.71 bits per heavy atom. The molecule has 1 aromatic carbocycles. The third-order valence-electron chi connectivity index (χ3n) is 4.27. The largest absolute Gasteiger partial charge is 0.467 e. The third kappa shape index (κ3) is 2.85. The predicted octanol–water partition coefficient (Wildman–Crippen LogP) is 3.83. The summed E-state index contributed by atoms with van der Waals surface area (Å²) >= 11 is 0. The number of rotatable bonds is 5. The number of benzene rings is 1. The highest BCUT2D eigenvalue weighted by atomic mass is 16.3. The highest BCUT2D eigenvalue weighted by Crippen LogP contribution is 2.39. The fourth-order valence-electron chi connectivity index (χ4n) is 2.79. The van der Waals surface area contributed by atoms with Gasteiger partial charge in [-0.05, 0) is 50.1 Å². The zero-order valence-electron chi connectivity index (χ0n) is 13.5. The van der Waals surface area contributed by atoms with Crippen LogP contribution in [-0.2, 0) is 0 Å². The maximum absolute atomic E-state index is 12.8. The first-order chi connectivity index (χ1) is 11.7.